The van der Waals surface area contributed by atoms with Gasteiger partial charge in [-0.2, -0.15) is 0 Å². The zero-order valence-corrected chi connectivity index (χ0v) is 16.3. The highest BCUT2D eigenvalue weighted by Crippen LogP contribution is 2.34. The smallest absolute Gasteiger partial charge is 0.407 e. The molecule has 0 bridgehead atoms. The Morgan fingerprint density at radius 1 is 1.26 bits per heavy atom. The first-order valence-electron chi connectivity index (χ1n) is 8.56. The van der Waals surface area contributed by atoms with Gasteiger partial charge in [-0.15, -0.1) is 0 Å². The van der Waals surface area contributed by atoms with Crippen LogP contribution in [0.4, 0.5) is 10.5 Å². The molecule has 0 unspecified atom stereocenters. The largest absolute Gasteiger partial charge is 0.465 e. The lowest BCUT2D eigenvalue weighted by atomic mass is 9.85. The molecule has 0 atom stereocenters. The maximum absolute atomic E-state index is 12.7. The molecule has 0 saturated heterocycles. The minimum absolute atomic E-state index is 0.0848. The number of anilines is 1. The molecule has 1 aromatic heterocycles. The van der Waals surface area contributed by atoms with Crippen LogP contribution in [0.2, 0.25) is 0 Å². The van der Waals surface area contributed by atoms with Gasteiger partial charge in [0.2, 0.25) is 11.7 Å². The van der Waals surface area contributed by atoms with E-state index >= 15 is 0 Å². The lowest BCUT2D eigenvalue weighted by molar-refractivity contribution is -0.121. The van der Waals surface area contributed by atoms with Crippen molar-refractivity contribution in [3.63, 3.8) is 0 Å². The Labute approximate surface area is 163 Å². The van der Waals surface area contributed by atoms with Crippen LogP contribution in [0.15, 0.2) is 27.1 Å². The third-order valence-electron chi connectivity index (χ3n) is 5.04. The summed E-state index contributed by atoms with van der Waals surface area (Å²) in [5.74, 6) is -1.34. The van der Waals surface area contributed by atoms with Crippen LogP contribution >= 0.6 is 15.9 Å². The molecule has 9 heteroatoms. The molecule has 0 aliphatic heterocycles. The summed E-state index contributed by atoms with van der Waals surface area (Å²) in [6.07, 6.45) is 1.39. The monoisotopic (exact) mass is 437 g/mol. The summed E-state index contributed by atoms with van der Waals surface area (Å²) in [5, 5.41) is 12.5. The zero-order valence-electron chi connectivity index (χ0n) is 14.7. The first kappa shape index (κ1) is 19.2. The van der Waals surface area contributed by atoms with Gasteiger partial charge >= 0.3 is 6.09 Å². The van der Waals surface area contributed by atoms with Crippen molar-refractivity contribution in [1.29, 1.82) is 0 Å². The normalized spacial score (nSPS) is 19.6. The van der Waals surface area contributed by atoms with Crippen molar-refractivity contribution in [3.05, 3.63) is 28.4 Å². The van der Waals surface area contributed by atoms with Crippen LogP contribution in [0, 0.1) is 5.92 Å². The number of rotatable bonds is 4. The molecule has 0 spiro atoms. The summed E-state index contributed by atoms with van der Waals surface area (Å²) in [4.78, 5) is 36.8. The Bertz CT molecular complexity index is 902. The highest BCUT2D eigenvalue weighted by molar-refractivity contribution is 9.10. The van der Waals surface area contributed by atoms with Crippen molar-refractivity contribution in [1.82, 2.24) is 4.90 Å². The van der Waals surface area contributed by atoms with E-state index in [2.05, 4.69) is 21.2 Å². The minimum atomic E-state index is -0.968. The molecule has 3 rings (SSSR count). The van der Waals surface area contributed by atoms with Gasteiger partial charge in [-0.1, -0.05) is 15.9 Å². The van der Waals surface area contributed by atoms with Gasteiger partial charge in [-0.05, 0) is 43.9 Å². The number of fused-ring (bicyclic) bond motifs is 1. The quantitative estimate of drug-likeness (QED) is 0.675. The molecular weight excluding hydrogens is 418 g/mol. The van der Waals surface area contributed by atoms with E-state index in [1.54, 1.807) is 25.2 Å². The van der Waals surface area contributed by atoms with Crippen LogP contribution in [0.1, 0.15) is 36.2 Å². The average molecular weight is 438 g/mol. The maximum atomic E-state index is 12.7. The predicted octanol–water partition coefficient (Wildman–Crippen LogP) is 3.40. The number of carboxylic acid groups (broad SMARTS) is 1. The number of nitrogens with one attached hydrogen (secondary N) is 1. The fraction of sp³-hybridized carbons (Fsp3) is 0.389. The molecule has 1 aliphatic rings. The summed E-state index contributed by atoms with van der Waals surface area (Å²) in [6, 6.07) is 5.12. The van der Waals surface area contributed by atoms with Gasteiger partial charge < -0.3 is 25.5 Å². The van der Waals surface area contributed by atoms with Gasteiger partial charge in [-0.25, -0.2) is 4.79 Å². The fourth-order valence-electron chi connectivity index (χ4n) is 3.47. The molecule has 8 nitrogen and oxygen atoms in total. The lowest BCUT2D eigenvalue weighted by Crippen LogP contribution is -2.40. The molecule has 3 amide bonds. The molecule has 1 aliphatic carbocycles. The summed E-state index contributed by atoms with van der Waals surface area (Å²) in [6.45, 7) is 0. The Kier molecular flexibility index (Phi) is 5.41. The molecule has 2 aromatic rings. The third-order valence-corrected chi connectivity index (χ3v) is 5.53. The highest BCUT2D eigenvalue weighted by atomic mass is 79.9. The minimum Gasteiger partial charge on any atom is -0.465 e. The number of halogens is 1. The molecule has 27 heavy (non-hydrogen) atoms. The Hall–Kier alpha value is -2.55. The van der Waals surface area contributed by atoms with Crippen LogP contribution in [0.5, 0.6) is 0 Å². The second-order valence-corrected chi connectivity index (χ2v) is 7.61. The maximum Gasteiger partial charge on any atom is 0.407 e. The molecule has 0 radical (unpaired) electrons. The van der Waals surface area contributed by atoms with E-state index in [9.17, 15) is 14.4 Å². The summed E-state index contributed by atoms with van der Waals surface area (Å²) < 4.78 is 6.27. The van der Waals surface area contributed by atoms with Crippen molar-refractivity contribution < 1.29 is 23.9 Å². The van der Waals surface area contributed by atoms with Crippen LogP contribution in [-0.4, -0.2) is 41.0 Å². The first-order valence-corrected chi connectivity index (χ1v) is 9.35. The Morgan fingerprint density at radius 2 is 1.93 bits per heavy atom. The zero-order chi connectivity index (χ0) is 19.7. The van der Waals surface area contributed by atoms with Gasteiger partial charge in [0.15, 0.2) is 0 Å². The predicted molar refractivity (Wildman–Crippen MR) is 103 cm³/mol. The Balaban J connectivity index is 1.77. The highest BCUT2D eigenvalue weighted by Gasteiger charge is 2.31. The molecule has 1 saturated carbocycles. The average Bonchev–Trinajstić information content (AvgIpc) is 2.99. The number of furan rings is 1. The number of carbonyl (C=O) groups excluding carboxylic acids is 2. The number of benzene rings is 1. The summed E-state index contributed by atoms with van der Waals surface area (Å²) in [5.41, 5.74) is 6.12. The number of primary amides is 1. The van der Waals surface area contributed by atoms with E-state index < -0.39 is 12.0 Å². The summed E-state index contributed by atoms with van der Waals surface area (Å²) >= 11 is 3.36. The number of carbonyl (C=O) groups is 3. The van der Waals surface area contributed by atoms with Crippen LogP contribution < -0.4 is 11.1 Å². The van der Waals surface area contributed by atoms with E-state index in [4.69, 9.17) is 15.3 Å². The van der Waals surface area contributed by atoms with Crippen LogP contribution in [0.25, 0.3) is 11.0 Å². The lowest BCUT2D eigenvalue weighted by Gasteiger charge is -2.32. The number of nitrogens with zero attached hydrogens (tertiary/aromatic N) is 1. The van der Waals surface area contributed by atoms with Gasteiger partial charge in [0.1, 0.15) is 11.3 Å². The Morgan fingerprint density at radius 3 is 2.52 bits per heavy atom. The molecule has 1 aromatic carbocycles. The molecular formula is C18H20BrN3O5. The number of hydrogen-bond donors (Lipinski definition) is 3. The van der Waals surface area contributed by atoms with E-state index in [0.717, 1.165) is 4.47 Å². The van der Waals surface area contributed by atoms with Gasteiger partial charge in [0.25, 0.3) is 5.91 Å². The molecule has 1 heterocycles. The standard InChI is InChI=1S/C18H20BrN3O5/c1-22(18(25)26)11-5-2-9(3-6-11)17(24)21-14-12-8-10(19)4-7-13(12)27-15(14)16(20)23/h4,7-9,11H,2-3,5-6H2,1H3,(H2,20,23)(H,21,24)(H,25,26). The number of hydrogen-bond acceptors (Lipinski definition) is 4. The van der Waals surface area contributed by atoms with E-state index in [1.807, 2.05) is 0 Å². The second kappa shape index (κ2) is 7.59. The van der Waals surface area contributed by atoms with Crippen molar-refractivity contribution in [2.75, 3.05) is 12.4 Å². The van der Waals surface area contributed by atoms with Crippen molar-refractivity contribution in [2.45, 2.75) is 31.7 Å². The van der Waals surface area contributed by atoms with Crippen LogP contribution in [0.3, 0.4) is 0 Å². The molecule has 144 valence electrons. The van der Waals surface area contributed by atoms with Crippen molar-refractivity contribution in [3.8, 4) is 0 Å². The fourth-order valence-corrected chi connectivity index (χ4v) is 3.84. The van der Waals surface area contributed by atoms with Crippen LogP contribution in [-0.2, 0) is 4.79 Å². The van der Waals surface area contributed by atoms with Gasteiger partial charge in [-0.3, -0.25) is 9.59 Å². The van der Waals surface area contributed by atoms with Gasteiger partial charge in [0.05, 0.1) is 0 Å². The summed E-state index contributed by atoms with van der Waals surface area (Å²) in [7, 11) is 1.54. The number of nitrogens with two attached hydrogens (primary N) is 1. The second-order valence-electron chi connectivity index (χ2n) is 6.70. The molecule has 4 N–H and O–H groups in total. The van der Waals surface area contributed by atoms with Crippen molar-refractivity contribution in [2.24, 2.45) is 11.7 Å². The molecule has 1 fully saturated rings. The van der Waals surface area contributed by atoms with E-state index in [0.29, 0.717) is 36.7 Å². The first-order chi connectivity index (χ1) is 12.8. The van der Waals surface area contributed by atoms with E-state index in [-0.39, 0.29) is 29.3 Å². The SMILES string of the molecule is CN(C(=O)O)C1CCC(C(=O)Nc2c(C(N)=O)oc3ccc(Br)cc23)CC1. The number of amides is 3. The van der Waals surface area contributed by atoms with Gasteiger partial charge in [0, 0.05) is 28.9 Å². The van der Waals surface area contributed by atoms with E-state index in [1.165, 1.54) is 4.90 Å². The van der Waals surface area contributed by atoms with Crippen molar-refractivity contribution >= 4 is 50.5 Å². The topological polar surface area (TPSA) is 126 Å². The third kappa shape index (κ3) is 3.92.